The maximum absolute atomic E-state index is 12.5. The van der Waals surface area contributed by atoms with Crippen LogP contribution in [0.2, 0.25) is 0 Å². The lowest BCUT2D eigenvalue weighted by molar-refractivity contribution is 0.150. The summed E-state index contributed by atoms with van der Waals surface area (Å²) in [6.45, 7) is 1.11. The first-order valence-electron chi connectivity index (χ1n) is 6.04. The van der Waals surface area contributed by atoms with E-state index in [1.54, 1.807) is 0 Å². The summed E-state index contributed by atoms with van der Waals surface area (Å²) in [5.74, 6) is 0. The summed E-state index contributed by atoms with van der Waals surface area (Å²) in [7, 11) is -0.573. The molecule has 0 heterocycles. The van der Waals surface area contributed by atoms with Crippen molar-refractivity contribution in [2.75, 3.05) is 40.5 Å². The Labute approximate surface area is 119 Å². The van der Waals surface area contributed by atoms with Crippen molar-refractivity contribution in [3.8, 4) is 6.07 Å². The molecule has 1 rings (SSSR count). The summed E-state index contributed by atoms with van der Waals surface area (Å²) < 4.78 is 36.1. The zero-order valence-electron chi connectivity index (χ0n) is 11.6. The van der Waals surface area contributed by atoms with Crippen molar-refractivity contribution in [2.45, 2.75) is 4.90 Å². The predicted molar refractivity (Wildman–Crippen MR) is 73.7 cm³/mol. The molecule has 0 unspecified atom stereocenters. The van der Waals surface area contributed by atoms with E-state index in [1.807, 2.05) is 6.07 Å². The molecule has 0 N–H and O–H groups in total. The largest absolute Gasteiger partial charge is 0.383 e. The van der Waals surface area contributed by atoms with Gasteiger partial charge in [0.25, 0.3) is 0 Å². The first-order valence-corrected chi connectivity index (χ1v) is 7.48. The van der Waals surface area contributed by atoms with Crippen molar-refractivity contribution in [1.82, 2.24) is 4.31 Å². The number of hydrogen-bond donors (Lipinski definition) is 0. The van der Waals surface area contributed by atoms with Crippen molar-refractivity contribution >= 4 is 10.0 Å². The Morgan fingerprint density at radius 3 is 2.00 bits per heavy atom. The van der Waals surface area contributed by atoms with Crippen molar-refractivity contribution in [3.63, 3.8) is 0 Å². The third-order valence-corrected chi connectivity index (χ3v) is 4.62. The molecule has 20 heavy (non-hydrogen) atoms. The number of benzene rings is 1. The smallest absolute Gasteiger partial charge is 0.243 e. The molecule has 0 aliphatic heterocycles. The summed E-state index contributed by atoms with van der Waals surface area (Å²) >= 11 is 0. The van der Waals surface area contributed by atoms with E-state index in [0.717, 1.165) is 0 Å². The number of rotatable bonds is 8. The summed E-state index contributed by atoms with van der Waals surface area (Å²) in [6.07, 6.45) is 0. The minimum Gasteiger partial charge on any atom is -0.383 e. The first kappa shape index (κ1) is 16.6. The molecule has 0 saturated heterocycles. The van der Waals surface area contributed by atoms with E-state index in [9.17, 15) is 8.42 Å². The molecule has 7 heteroatoms. The van der Waals surface area contributed by atoms with E-state index in [4.69, 9.17) is 14.7 Å². The zero-order valence-corrected chi connectivity index (χ0v) is 12.4. The highest BCUT2D eigenvalue weighted by Crippen LogP contribution is 2.16. The second-order valence-corrected chi connectivity index (χ2v) is 5.96. The van der Waals surface area contributed by atoms with Crippen LogP contribution in [0.25, 0.3) is 0 Å². The summed E-state index contributed by atoms with van der Waals surface area (Å²) in [5.41, 5.74) is 0.421. The van der Waals surface area contributed by atoms with Gasteiger partial charge in [-0.05, 0) is 24.3 Å². The van der Waals surface area contributed by atoms with Crippen LogP contribution in [0.3, 0.4) is 0 Å². The average Bonchev–Trinajstić information content (AvgIpc) is 2.47. The fourth-order valence-corrected chi connectivity index (χ4v) is 3.00. The Morgan fingerprint density at radius 2 is 1.60 bits per heavy atom. The molecule has 1 aromatic rings. The van der Waals surface area contributed by atoms with Crippen LogP contribution in [0.5, 0.6) is 0 Å². The van der Waals surface area contributed by atoms with Gasteiger partial charge < -0.3 is 9.47 Å². The van der Waals surface area contributed by atoms with E-state index in [1.165, 1.54) is 42.8 Å². The Bertz CT molecular complexity index is 541. The topological polar surface area (TPSA) is 79.6 Å². The average molecular weight is 298 g/mol. The molecule has 0 aliphatic rings. The molecule has 0 amide bonds. The predicted octanol–water partition coefficient (Wildman–Crippen LogP) is 0.842. The summed E-state index contributed by atoms with van der Waals surface area (Å²) in [4.78, 5) is 0.156. The number of nitriles is 1. The van der Waals surface area contributed by atoms with Gasteiger partial charge in [0, 0.05) is 27.3 Å². The van der Waals surface area contributed by atoms with Gasteiger partial charge in [0.05, 0.1) is 29.7 Å². The normalized spacial score (nSPS) is 11.5. The molecule has 1 aromatic carbocycles. The first-order chi connectivity index (χ1) is 9.56. The molecule has 0 aliphatic carbocycles. The number of methoxy groups -OCH3 is 2. The van der Waals surface area contributed by atoms with Crippen LogP contribution in [0, 0.1) is 11.3 Å². The lowest BCUT2D eigenvalue weighted by Gasteiger charge is -2.21. The highest BCUT2D eigenvalue weighted by Gasteiger charge is 2.23. The fourth-order valence-electron chi connectivity index (χ4n) is 1.59. The van der Waals surface area contributed by atoms with E-state index < -0.39 is 10.0 Å². The van der Waals surface area contributed by atoms with E-state index >= 15 is 0 Å². The van der Waals surface area contributed by atoms with Crippen LogP contribution in [0.15, 0.2) is 29.2 Å². The Balaban J connectivity index is 2.98. The second kappa shape index (κ2) is 7.97. The monoisotopic (exact) mass is 298 g/mol. The Hall–Kier alpha value is -1.46. The van der Waals surface area contributed by atoms with Crippen LogP contribution >= 0.6 is 0 Å². The lowest BCUT2D eigenvalue weighted by Crippen LogP contribution is -2.36. The SMILES string of the molecule is COCCN(CCOC)S(=O)(=O)c1ccc(C#N)cc1. The summed E-state index contributed by atoms with van der Waals surface area (Å²) in [6, 6.07) is 7.78. The van der Waals surface area contributed by atoms with Crippen molar-refractivity contribution in [3.05, 3.63) is 29.8 Å². The summed E-state index contributed by atoms with van der Waals surface area (Å²) in [5, 5.41) is 8.73. The van der Waals surface area contributed by atoms with Crippen LogP contribution in [0.4, 0.5) is 0 Å². The highest BCUT2D eigenvalue weighted by atomic mass is 32.2. The maximum Gasteiger partial charge on any atom is 0.243 e. The van der Waals surface area contributed by atoms with Crippen molar-refractivity contribution < 1.29 is 17.9 Å². The van der Waals surface area contributed by atoms with Gasteiger partial charge in [-0.15, -0.1) is 0 Å². The standard InChI is InChI=1S/C13H18N2O4S/c1-18-9-7-15(8-10-19-2)20(16,17)13-5-3-12(11-14)4-6-13/h3-6H,7-10H2,1-2H3. The highest BCUT2D eigenvalue weighted by molar-refractivity contribution is 7.89. The zero-order chi connectivity index (χ0) is 15.0. The van der Waals surface area contributed by atoms with Gasteiger partial charge in [-0.25, -0.2) is 8.42 Å². The van der Waals surface area contributed by atoms with Crippen LogP contribution in [-0.2, 0) is 19.5 Å². The van der Waals surface area contributed by atoms with Crippen molar-refractivity contribution in [1.29, 1.82) is 5.26 Å². The van der Waals surface area contributed by atoms with Crippen molar-refractivity contribution in [2.24, 2.45) is 0 Å². The molecule has 0 spiro atoms. The number of sulfonamides is 1. The van der Waals surface area contributed by atoms with Gasteiger partial charge in [0.15, 0.2) is 0 Å². The maximum atomic E-state index is 12.5. The number of nitrogens with zero attached hydrogens (tertiary/aromatic N) is 2. The van der Waals surface area contributed by atoms with Crippen LogP contribution in [-0.4, -0.2) is 53.2 Å². The molecular weight excluding hydrogens is 280 g/mol. The molecule has 6 nitrogen and oxygen atoms in total. The third-order valence-electron chi connectivity index (χ3n) is 2.71. The van der Waals surface area contributed by atoms with Gasteiger partial charge >= 0.3 is 0 Å². The Morgan fingerprint density at radius 1 is 1.10 bits per heavy atom. The van der Waals surface area contributed by atoms with Gasteiger partial charge in [0.1, 0.15) is 0 Å². The minimum atomic E-state index is -3.61. The van der Waals surface area contributed by atoms with Gasteiger partial charge in [0.2, 0.25) is 10.0 Å². The minimum absolute atomic E-state index is 0.156. The molecule has 0 aromatic heterocycles. The molecule has 0 saturated carbocycles. The van der Waals surface area contributed by atoms with Gasteiger partial charge in [-0.1, -0.05) is 0 Å². The number of ether oxygens (including phenoxy) is 2. The lowest BCUT2D eigenvalue weighted by atomic mass is 10.2. The number of hydrogen-bond acceptors (Lipinski definition) is 5. The van der Waals surface area contributed by atoms with Gasteiger partial charge in [-0.3, -0.25) is 0 Å². The quantitative estimate of drug-likeness (QED) is 0.710. The molecular formula is C13H18N2O4S. The molecule has 0 fully saturated rings. The fraction of sp³-hybridized carbons (Fsp3) is 0.462. The van der Waals surface area contributed by atoms with Gasteiger partial charge in [-0.2, -0.15) is 9.57 Å². The van der Waals surface area contributed by atoms with Crippen LogP contribution in [0.1, 0.15) is 5.56 Å². The third kappa shape index (κ3) is 4.28. The molecule has 110 valence electrons. The van der Waals surface area contributed by atoms with E-state index in [-0.39, 0.29) is 18.0 Å². The Kier molecular flexibility index (Phi) is 6.61. The van der Waals surface area contributed by atoms with Crippen LogP contribution < -0.4 is 0 Å². The van der Waals surface area contributed by atoms with E-state index in [2.05, 4.69) is 0 Å². The molecule has 0 radical (unpaired) electrons. The molecule has 0 bridgehead atoms. The molecule has 0 atom stereocenters. The second-order valence-electron chi connectivity index (χ2n) is 4.03. The van der Waals surface area contributed by atoms with E-state index in [0.29, 0.717) is 18.8 Å².